The zero-order valence-corrected chi connectivity index (χ0v) is 20.3. The number of likely N-dealkylation sites (tertiary alicyclic amines) is 1. The Labute approximate surface area is 195 Å². The van der Waals surface area contributed by atoms with Gasteiger partial charge in [-0.25, -0.2) is 8.42 Å². The Bertz CT molecular complexity index is 1160. The smallest absolute Gasteiger partial charge is 0.257 e. The highest BCUT2D eigenvalue weighted by Crippen LogP contribution is 2.32. The molecule has 178 valence electrons. The number of rotatable bonds is 5. The number of anilines is 1. The Kier molecular flexibility index (Phi) is 6.63. The van der Waals surface area contributed by atoms with Gasteiger partial charge in [-0.1, -0.05) is 18.2 Å². The van der Waals surface area contributed by atoms with Crippen LogP contribution in [0.5, 0.6) is 0 Å². The number of nitrogens with zero attached hydrogens (tertiary/aromatic N) is 2. The maximum absolute atomic E-state index is 13.6. The van der Waals surface area contributed by atoms with Crippen LogP contribution < -0.4 is 5.32 Å². The first-order chi connectivity index (χ1) is 15.7. The van der Waals surface area contributed by atoms with Crippen LogP contribution in [0.25, 0.3) is 0 Å². The molecule has 0 unspecified atom stereocenters. The van der Waals surface area contributed by atoms with E-state index in [2.05, 4.69) is 10.3 Å². The number of aromatic nitrogens is 1. The summed E-state index contributed by atoms with van der Waals surface area (Å²) < 4.78 is 28.6. The fourth-order valence-electron chi connectivity index (χ4n) is 4.85. The first kappa shape index (κ1) is 23.5. The lowest BCUT2D eigenvalue weighted by molar-refractivity contribution is -0.120. The van der Waals surface area contributed by atoms with Gasteiger partial charge >= 0.3 is 0 Å². The second-order valence-corrected chi connectivity index (χ2v) is 10.9. The van der Waals surface area contributed by atoms with Crippen LogP contribution in [0.15, 0.2) is 29.2 Å². The Morgan fingerprint density at radius 3 is 2.24 bits per heavy atom. The van der Waals surface area contributed by atoms with Crippen molar-refractivity contribution < 1.29 is 18.0 Å². The number of amides is 2. The third kappa shape index (κ3) is 4.56. The first-order valence-corrected chi connectivity index (χ1v) is 13.0. The molecule has 0 saturated carbocycles. The minimum Gasteiger partial charge on any atom is -0.361 e. The standard InChI is InChI=1S/C24H32N4O4S/c1-16-8-4-5-9-20(16)26-23(29)19-10-14-28(15-11-19)33(31,32)22-18(3)25-17(2)21(22)24(30)27-12-6-7-13-27/h4-5,8-9,19,25H,6-7,10-15H2,1-3H3,(H,26,29). The van der Waals surface area contributed by atoms with Crippen LogP contribution in [0.3, 0.4) is 0 Å². The molecule has 2 N–H and O–H groups in total. The van der Waals surface area contributed by atoms with E-state index < -0.39 is 10.0 Å². The zero-order chi connectivity index (χ0) is 23.8. The van der Waals surface area contributed by atoms with E-state index in [4.69, 9.17) is 0 Å². The molecule has 2 aromatic rings. The van der Waals surface area contributed by atoms with Crippen molar-refractivity contribution in [3.8, 4) is 0 Å². The van der Waals surface area contributed by atoms with Gasteiger partial charge in [-0.3, -0.25) is 9.59 Å². The van der Waals surface area contributed by atoms with Crippen LogP contribution in [0.4, 0.5) is 5.69 Å². The number of carbonyl (C=O) groups is 2. The largest absolute Gasteiger partial charge is 0.361 e. The van der Waals surface area contributed by atoms with Gasteiger partial charge in [-0.15, -0.1) is 0 Å². The Morgan fingerprint density at radius 1 is 0.970 bits per heavy atom. The van der Waals surface area contributed by atoms with E-state index in [1.807, 2.05) is 31.2 Å². The zero-order valence-electron chi connectivity index (χ0n) is 19.5. The molecule has 2 aliphatic heterocycles. The number of carbonyl (C=O) groups excluding carboxylic acids is 2. The van der Waals surface area contributed by atoms with Gasteiger partial charge in [0, 0.05) is 49.2 Å². The summed E-state index contributed by atoms with van der Waals surface area (Å²) in [6.07, 6.45) is 2.76. The molecule has 0 bridgehead atoms. The maximum atomic E-state index is 13.6. The second-order valence-electron chi connectivity index (χ2n) is 9.06. The van der Waals surface area contributed by atoms with E-state index in [0.29, 0.717) is 37.3 Å². The van der Waals surface area contributed by atoms with E-state index in [1.165, 1.54) is 4.31 Å². The summed E-state index contributed by atoms with van der Waals surface area (Å²) in [5.74, 6) is -0.559. The van der Waals surface area contributed by atoms with E-state index in [9.17, 15) is 18.0 Å². The molecule has 0 aliphatic carbocycles. The molecule has 1 aromatic heterocycles. The van der Waals surface area contributed by atoms with Gasteiger partial charge in [0.15, 0.2) is 0 Å². The second kappa shape index (κ2) is 9.30. The highest BCUT2D eigenvalue weighted by molar-refractivity contribution is 7.89. The minimum atomic E-state index is -3.87. The number of H-pyrrole nitrogens is 1. The van der Waals surface area contributed by atoms with Crippen molar-refractivity contribution in [1.29, 1.82) is 0 Å². The Morgan fingerprint density at radius 2 is 1.61 bits per heavy atom. The van der Waals surface area contributed by atoms with Gasteiger partial charge in [0.2, 0.25) is 15.9 Å². The molecule has 2 saturated heterocycles. The SMILES string of the molecule is Cc1ccccc1NC(=O)C1CCN(S(=O)(=O)c2c(C)[nH]c(C)c2C(=O)N2CCCC2)CC1. The molecule has 8 nitrogen and oxygen atoms in total. The van der Waals surface area contributed by atoms with Gasteiger partial charge in [-0.05, 0) is 58.1 Å². The number of sulfonamides is 1. The van der Waals surface area contributed by atoms with Crippen LogP contribution in [0, 0.1) is 26.7 Å². The van der Waals surface area contributed by atoms with E-state index >= 15 is 0 Å². The number of piperidine rings is 1. The molecule has 4 rings (SSSR count). The van der Waals surface area contributed by atoms with Crippen molar-refractivity contribution in [3.05, 3.63) is 46.8 Å². The van der Waals surface area contributed by atoms with Gasteiger partial charge in [0.25, 0.3) is 5.91 Å². The summed E-state index contributed by atoms with van der Waals surface area (Å²) >= 11 is 0. The number of hydrogen-bond donors (Lipinski definition) is 2. The Hall–Kier alpha value is -2.65. The number of aromatic amines is 1. The lowest BCUT2D eigenvalue weighted by Gasteiger charge is -2.31. The predicted octanol–water partition coefficient (Wildman–Crippen LogP) is 3.22. The molecule has 9 heteroatoms. The summed E-state index contributed by atoms with van der Waals surface area (Å²) in [5.41, 5.74) is 3.08. The van der Waals surface area contributed by atoms with Crippen LogP contribution in [-0.4, -0.2) is 60.6 Å². The number of aryl methyl sites for hydroxylation is 3. The molecule has 0 radical (unpaired) electrons. The summed E-state index contributed by atoms with van der Waals surface area (Å²) in [6.45, 7) is 7.19. The fraction of sp³-hybridized carbons (Fsp3) is 0.500. The molecule has 1 aromatic carbocycles. The minimum absolute atomic E-state index is 0.0831. The van der Waals surface area contributed by atoms with Crippen molar-refractivity contribution in [3.63, 3.8) is 0 Å². The third-order valence-electron chi connectivity index (χ3n) is 6.75. The molecule has 33 heavy (non-hydrogen) atoms. The molecule has 2 amide bonds. The van der Waals surface area contributed by atoms with Gasteiger partial charge < -0.3 is 15.2 Å². The van der Waals surface area contributed by atoms with Crippen molar-refractivity contribution in [2.24, 2.45) is 5.92 Å². The van der Waals surface area contributed by atoms with Gasteiger partial charge in [0.05, 0.1) is 5.56 Å². The predicted molar refractivity (Wildman–Crippen MR) is 127 cm³/mol. The molecule has 0 spiro atoms. The normalized spacial score (nSPS) is 18.0. The van der Waals surface area contributed by atoms with Crippen LogP contribution >= 0.6 is 0 Å². The van der Waals surface area contributed by atoms with Gasteiger partial charge in [-0.2, -0.15) is 4.31 Å². The summed E-state index contributed by atoms with van der Waals surface area (Å²) in [4.78, 5) is 30.8. The average Bonchev–Trinajstić information content (AvgIpc) is 3.43. The van der Waals surface area contributed by atoms with Gasteiger partial charge in [0.1, 0.15) is 4.90 Å². The van der Waals surface area contributed by atoms with Crippen molar-refractivity contribution in [1.82, 2.24) is 14.2 Å². The van der Waals surface area contributed by atoms with Crippen LogP contribution in [-0.2, 0) is 14.8 Å². The quantitative estimate of drug-likeness (QED) is 0.697. The molecular formula is C24H32N4O4S. The highest BCUT2D eigenvalue weighted by Gasteiger charge is 2.38. The molecular weight excluding hydrogens is 440 g/mol. The summed E-state index contributed by atoms with van der Waals surface area (Å²) in [6, 6.07) is 7.59. The van der Waals surface area contributed by atoms with E-state index in [-0.39, 0.29) is 41.3 Å². The molecule has 2 fully saturated rings. The lowest BCUT2D eigenvalue weighted by atomic mass is 9.97. The lowest BCUT2D eigenvalue weighted by Crippen LogP contribution is -2.42. The first-order valence-electron chi connectivity index (χ1n) is 11.5. The summed E-state index contributed by atoms with van der Waals surface area (Å²) in [7, 11) is -3.87. The van der Waals surface area contributed by atoms with E-state index in [0.717, 1.165) is 24.1 Å². The van der Waals surface area contributed by atoms with Crippen LogP contribution in [0.1, 0.15) is 53.0 Å². The summed E-state index contributed by atoms with van der Waals surface area (Å²) in [5, 5.41) is 2.97. The van der Waals surface area contributed by atoms with Crippen molar-refractivity contribution in [2.75, 3.05) is 31.5 Å². The Balaban J connectivity index is 1.49. The molecule has 2 aliphatic rings. The highest BCUT2D eigenvalue weighted by atomic mass is 32.2. The maximum Gasteiger partial charge on any atom is 0.257 e. The number of nitrogens with one attached hydrogen (secondary N) is 2. The fourth-order valence-corrected chi connectivity index (χ4v) is 6.74. The molecule has 3 heterocycles. The number of para-hydroxylation sites is 1. The van der Waals surface area contributed by atoms with Crippen molar-refractivity contribution in [2.45, 2.75) is 51.3 Å². The van der Waals surface area contributed by atoms with Crippen LogP contribution in [0.2, 0.25) is 0 Å². The molecule has 0 atom stereocenters. The monoisotopic (exact) mass is 472 g/mol. The topological polar surface area (TPSA) is 103 Å². The average molecular weight is 473 g/mol. The van der Waals surface area contributed by atoms with Crippen molar-refractivity contribution >= 4 is 27.5 Å². The third-order valence-corrected chi connectivity index (χ3v) is 8.82. The number of benzene rings is 1. The van der Waals surface area contributed by atoms with E-state index in [1.54, 1.807) is 18.7 Å². The number of hydrogen-bond acceptors (Lipinski definition) is 4.